The summed E-state index contributed by atoms with van der Waals surface area (Å²) in [6, 6.07) is 0. The standard InChI is InChI=1S/C7H14O7/c8-1-3(10)5(12)7(14)6(13)4(11)2-9/h3-6,8-13H,1-2H2/t3-,4-,5-,6?/m1/s1. The van der Waals surface area contributed by atoms with Crippen LogP contribution in [0, 0.1) is 0 Å². The summed E-state index contributed by atoms with van der Waals surface area (Å²) in [5, 5.41) is 52.4. The Kier molecular flexibility index (Phi) is 5.77. The van der Waals surface area contributed by atoms with E-state index < -0.39 is 43.4 Å². The maximum atomic E-state index is 11.0. The van der Waals surface area contributed by atoms with Gasteiger partial charge in [0, 0.05) is 0 Å². The Labute approximate surface area is 79.9 Å². The lowest BCUT2D eigenvalue weighted by Gasteiger charge is -2.20. The minimum atomic E-state index is -1.99. The lowest BCUT2D eigenvalue weighted by Crippen LogP contribution is -2.47. The van der Waals surface area contributed by atoms with Crippen molar-refractivity contribution < 1.29 is 35.4 Å². The van der Waals surface area contributed by atoms with Gasteiger partial charge in [-0.15, -0.1) is 0 Å². The van der Waals surface area contributed by atoms with Crippen LogP contribution in [0.2, 0.25) is 0 Å². The Balaban J connectivity index is 4.31. The number of carbonyl (C=O) groups excluding carboxylic acids is 1. The number of ketones is 1. The Morgan fingerprint density at radius 2 is 1.14 bits per heavy atom. The van der Waals surface area contributed by atoms with E-state index in [4.69, 9.17) is 30.6 Å². The van der Waals surface area contributed by atoms with Crippen molar-refractivity contribution in [1.82, 2.24) is 0 Å². The highest BCUT2D eigenvalue weighted by Crippen LogP contribution is 2.02. The molecule has 0 fully saturated rings. The van der Waals surface area contributed by atoms with Crippen molar-refractivity contribution in [2.45, 2.75) is 24.4 Å². The van der Waals surface area contributed by atoms with Gasteiger partial charge >= 0.3 is 0 Å². The molecule has 7 nitrogen and oxygen atoms in total. The molecule has 6 N–H and O–H groups in total. The Morgan fingerprint density at radius 3 is 1.36 bits per heavy atom. The van der Waals surface area contributed by atoms with Gasteiger partial charge in [-0.25, -0.2) is 0 Å². The van der Waals surface area contributed by atoms with Gasteiger partial charge in [0.2, 0.25) is 0 Å². The van der Waals surface area contributed by atoms with Crippen LogP contribution in [0.5, 0.6) is 0 Å². The molecule has 0 heterocycles. The predicted octanol–water partition coefficient (Wildman–Crippen LogP) is -4.02. The molecule has 7 heteroatoms. The molecule has 0 saturated carbocycles. The van der Waals surface area contributed by atoms with Crippen molar-refractivity contribution in [3.05, 3.63) is 0 Å². The molecular formula is C7H14O7. The van der Waals surface area contributed by atoms with Gasteiger partial charge in [0.15, 0.2) is 5.78 Å². The van der Waals surface area contributed by atoms with E-state index in [1.807, 2.05) is 0 Å². The highest BCUT2D eigenvalue weighted by Gasteiger charge is 2.32. The van der Waals surface area contributed by atoms with Crippen molar-refractivity contribution in [2.24, 2.45) is 0 Å². The van der Waals surface area contributed by atoms with Gasteiger partial charge in [-0.1, -0.05) is 0 Å². The van der Waals surface area contributed by atoms with Crippen LogP contribution in [-0.4, -0.2) is 74.1 Å². The largest absolute Gasteiger partial charge is 0.394 e. The summed E-state index contributed by atoms with van der Waals surface area (Å²) in [5.41, 5.74) is 0. The number of aliphatic hydroxyl groups excluding tert-OH is 6. The van der Waals surface area contributed by atoms with E-state index in [0.717, 1.165) is 0 Å². The molecule has 0 aliphatic carbocycles. The Bertz CT molecular complexity index is 165. The van der Waals surface area contributed by atoms with Crippen LogP contribution in [0.25, 0.3) is 0 Å². The van der Waals surface area contributed by atoms with E-state index in [0.29, 0.717) is 0 Å². The first-order valence-electron chi connectivity index (χ1n) is 3.93. The molecule has 4 atom stereocenters. The quantitative estimate of drug-likeness (QED) is 0.262. The Morgan fingerprint density at radius 1 is 0.857 bits per heavy atom. The zero-order chi connectivity index (χ0) is 11.3. The maximum absolute atomic E-state index is 11.0. The molecule has 0 aromatic rings. The summed E-state index contributed by atoms with van der Waals surface area (Å²) in [7, 11) is 0. The van der Waals surface area contributed by atoms with Crippen LogP contribution in [0.15, 0.2) is 0 Å². The van der Waals surface area contributed by atoms with E-state index in [2.05, 4.69) is 0 Å². The third kappa shape index (κ3) is 3.29. The number of Topliss-reactive ketones (excluding diaryl/α,β-unsaturated/α-hetero) is 1. The molecule has 14 heavy (non-hydrogen) atoms. The van der Waals surface area contributed by atoms with Crippen LogP contribution in [0.3, 0.4) is 0 Å². The molecule has 0 aliphatic heterocycles. The minimum absolute atomic E-state index is 0.852. The lowest BCUT2D eigenvalue weighted by molar-refractivity contribution is -0.150. The summed E-state index contributed by atoms with van der Waals surface area (Å²) in [6.45, 7) is -1.70. The molecule has 0 saturated heterocycles. The van der Waals surface area contributed by atoms with Crippen molar-refractivity contribution in [3.63, 3.8) is 0 Å². The fourth-order valence-electron chi connectivity index (χ4n) is 0.754. The van der Waals surface area contributed by atoms with Gasteiger partial charge < -0.3 is 30.6 Å². The topological polar surface area (TPSA) is 138 Å². The summed E-state index contributed by atoms with van der Waals surface area (Å²) < 4.78 is 0. The molecule has 0 aromatic carbocycles. The van der Waals surface area contributed by atoms with Crippen molar-refractivity contribution >= 4 is 5.78 Å². The van der Waals surface area contributed by atoms with Crippen molar-refractivity contribution in [1.29, 1.82) is 0 Å². The van der Waals surface area contributed by atoms with Gasteiger partial charge in [0.05, 0.1) is 13.2 Å². The third-order valence-corrected chi connectivity index (χ3v) is 1.69. The molecule has 1 unspecified atom stereocenters. The van der Waals surface area contributed by atoms with Gasteiger partial charge in [0.1, 0.15) is 24.4 Å². The zero-order valence-electron chi connectivity index (χ0n) is 7.32. The summed E-state index contributed by atoms with van der Waals surface area (Å²) >= 11 is 0. The van der Waals surface area contributed by atoms with Gasteiger partial charge in [-0.05, 0) is 0 Å². The lowest BCUT2D eigenvalue weighted by atomic mass is 10.0. The first-order chi connectivity index (χ1) is 6.45. The molecule has 84 valence electrons. The Hall–Kier alpha value is -0.570. The second kappa shape index (κ2) is 6.02. The molecular weight excluding hydrogens is 196 g/mol. The first kappa shape index (κ1) is 13.4. The summed E-state index contributed by atoms with van der Waals surface area (Å²) in [5.74, 6) is -1.26. The highest BCUT2D eigenvalue weighted by molar-refractivity contribution is 5.88. The van der Waals surface area contributed by atoms with E-state index in [1.54, 1.807) is 0 Å². The van der Waals surface area contributed by atoms with Crippen LogP contribution < -0.4 is 0 Å². The maximum Gasteiger partial charge on any atom is 0.195 e. The smallest absolute Gasteiger partial charge is 0.195 e. The molecule has 0 aromatic heterocycles. The minimum Gasteiger partial charge on any atom is -0.394 e. The van der Waals surface area contributed by atoms with Gasteiger partial charge in [0.25, 0.3) is 0 Å². The van der Waals surface area contributed by atoms with E-state index in [-0.39, 0.29) is 0 Å². The third-order valence-electron chi connectivity index (χ3n) is 1.69. The van der Waals surface area contributed by atoms with Crippen LogP contribution in [0.4, 0.5) is 0 Å². The SMILES string of the molecule is O=C(C(O)[C@H](O)CO)[C@H](O)[C@H](O)CO. The van der Waals surface area contributed by atoms with Gasteiger partial charge in [-0.3, -0.25) is 4.79 Å². The summed E-state index contributed by atoms with van der Waals surface area (Å²) in [6.07, 6.45) is -7.42. The second-order valence-electron chi connectivity index (χ2n) is 2.79. The number of hydrogen-bond donors (Lipinski definition) is 6. The fourth-order valence-corrected chi connectivity index (χ4v) is 0.754. The predicted molar refractivity (Wildman–Crippen MR) is 43.2 cm³/mol. The number of aliphatic hydroxyl groups is 6. The highest BCUT2D eigenvalue weighted by atomic mass is 16.4. The van der Waals surface area contributed by atoms with E-state index >= 15 is 0 Å². The average molecular weight is 210 g/mol. The zero-order valence-corrected chi connectivity index (χ0v) is 7.32. The van der Waals surface area contributed by atoms with Crippen LogP contribution in [-0.2, 0) is 4.79 Å². The molecule has 0 spiro atoms. The van der Waals surface area contributed by atoms with E-state index in [9.17, 15) is 4.79 Å². The van der Waals surface area contributed by atoms with Crippen molar-refractivity contribution in [3.8, 4) is 0 Å². The van der Waals surface area contributed by atoms with Crippen LogP contribution >= 0.6 is 0 Å². The molecule has 0 bridgehead atoms. The number of hydrogen-bond acceptors (Lipinski definition) is 7. The first-order valence-corrected chi connectivity index (χ1v) is 3.93. The summed E-state index contributed by atoms with van der Waals surface area (Å²) in [4.78, 5) is 11.0. The molecule has 0 radical (unpaired) electrons. The van der Waals surface area contributed by atoms with E-state index in [1.165, 1.54) is 0 Å². The molecule has 0 rings (SSSR count). The molecule has 0 aliphatic rings. The monoisotopic (exact) mass is 210 g/mol. The number of carbonyl (C=O) groups is 1. The van der Waals surface area contributed by atoms with Gasteiger partial charge in [-0.2, -0.15) is 0 Å². The fraction of sp³-hybridized carbons (Fsp3) is 0.857. The second-order valence-corrected chi connectivity index (χ2v) is 2.79. The normalized spacial score (nSPS) is 19.9. The molecule has 0 amide bonds. The van der Waals surface area contributed by atoms with Crippen LogP contribution in [0.1, 0.15) is 0 Å². The van der Waals surface area contributed by atoms with Crippen molar-refractivity contribution in [2.75, 3.05) is 13.2 Å². The number of rotatable bonds is 6. The average Bonchev–Trinajstić information content (AvgIpc) is 2.23.